The zero-order valence-corrected chi connectivity index (χ0v) is 11.0. The molecule has 2 rings (SSSR count). The van der Waals surface area contributed by atoms with E-state index in [0.717, 1.165) is 10.4 Å². The molecule has 0 amide bonds. The third kappa shape index (κ3) is 2.45. The van der Waals surface area contributed by atoms with Gasteiger partial charge in [0, 0.05) is 19.3 Å². The van der Waals surface area contributed by atoms with Crippen LogP contribution in [0.2, 0.25) is 0 Å². The molecule has 0 spiro atoms. The number of halogens is 1. The average molecular weight is 288 g/mol. The Morgan fingerprint density at radius 1 is 1.58 bits per heavy atom. The van der Waals surface area contributed by atoms with E-state index in [1.54, 1.807) is 0 Å². The van der Waals surface area contributed by atoms with Gasteiger partial charge >= 0.3 is 5.97 Å². The van der Waals surface area contributed by atoms with E-state index in [1.807, 2.05) is 0 Å². The maximum absolute atomic E-state index is 13.4. The minimum Gasteiger partial charge on any atom is -0.481 e. The van der Waals surface area contributed by atoms with E-state index in [1.165, 1.54) is 19.2 Å². The van der Waals surface area contributed by atoms with Gasteiger partial charge in [-0.2, -0.15) is 4.31 Å². The van der Waals surface area contributed by atoms with Gasteiger partial charge in [-0.1, -0.05) is 6.92 Å². The lowest BCUT2D eigenvalue weighted by Crippen LogP contribution is -2.53. The van der Waals surface area contributed by atoms with Crippen molar-refractivity contribution >= 4 is 16.0 Å². The Hall–Kier alpha value is -1.54. The second kappa shape index (κ2) is 4.86. The van der Waals surface area contributed by atoms with Crippen LogP contribution in [0, 0.1) is 17.7 Å². The second-order valence-corrected chi connectivity index (χ2v) is 6.35. The van der Waals surface area contributed by atoms with Gasteiger partial charge in [0.15, 0.2) is 5.82 Å². The van der Waals surface area contributed by atoms with Crippen molar-refractivity contribution in [2.45, 2.75) is 11.9 Å². The maximum Gasteiger partial charge on any atom is 0.306 e. The van der Waals surface area contributed by atoms with E-state index < -0.39 is 32.8 Å². The van der Waals surface area contributed by atoms with Crippen LogP contribution in [0.15, 0.2) is 23.4 Å². The Bertz CT molecular complexity index is 598. The van der Waals surface area contributed by atoms with Crippen molar-refractivity contribution < 1.29 is 22.7 Å². The second-order valence-electron chi connectivity index (χ2n) is 4.50. The summed E-state index contributed by atoms with van der Waals surface area (Å²) in [6.45, 7) is 1.68. The van der Waals surface area contributed by atoms with E-state index in [-0.39, 0.29) is 19.0 Å². The number of carbonyl (C=O) groups is 1. The minimum absolute atomic E-state index is 0.0752. The number of rotatable bonds is 4. The van der Waals surface area contributed by atoms with Gasteiger partial charge in [-0.15, -0.1) is 0 Å². The Balaban J connectivity index is 2.13. The number of carboxylic acid groups (broad SMARTS) is 1. The molecule has 1 unspecified atom stereocenters. The zero-order valence-electron chi connectivity index (χ0n) is 10.2. The topological polar surface area (TPSA) is 87.6 Å². The molecule has 2 heterocycles. The van der Waals surface area contributed by atoms with Crippen molar-refractivity contribution in [1.82, 2.24) is 9.29 Å². The van der Waals surface area contributed by atoms with Crippen LogP contribution in [-0.4, -0.2) is 41.9 Å². The molecule has 1 saturated heterocycles. The number of aromatic nitrogens is 1. The first kappa shape index (κ1) is 13.9. The van der Waals surface area contributed by atoms with Gasteiger partial charge in [0.1, 0.15) is 0 Å². The van der Waals surface area contributed by atoms with Crippen LogP contribution in [0.25, 0.3) is 0 Å². The Labute approximate surface area is 109 Å². The van der Waals surface area contributed by atoms with Crippen molar-refractivity contribution in [2.75, 3.05) is 13.1 Å². The van der Waals surface area contributed by atoms with Gasteiger partial charge < -0.3 is 5.11 Å². The molecule has 6 nitrogen and oxygen atoms in total. The van der Waals surface area contributed by atoms with Crippen LogP contribution in [0.3, 0.4) is 0 Å². The molecule has 1 aromatic rings. The van der Waals surface area contributed by atoms with Gasteiger partial charge in [-0.3, -0.25) is 4.79 Å². The van der Waals surface area contributed by atoms with Crippen LogP contribution >= 0.6 is 0 Å². The molecule has 19 heavy (non-hydrogen) atoms. The first-order chi connectivity index (χ1) is 8.84. The number of hydrogen-bond donors (Lipinski definition) is 1. The first-order valence-electron chi connectivity index (χ1n) is 5.67. The summed E-state index contributed by atoms with van der Waals surface area (Å²) in [6.07, 6.45) is 1.20. The highest BCUT2D eigenvalue weighted by molar-refractivity contribution is 7.89. The molecule has 1 aromatic heterocycles. The summed E-state index contributed by atoms with van der Waals surface area (Å²) in [5, 5.41) is 8.21. The molecule has 0 aliphatic carbocycles. The smallest absolute Gasteiger partial charge is 0.306 e. The standard InChI is InChI=1S/C11H13FN2O4S/c1-7(11(15)16)8-5-14(6-8)19(17,18)10-9(12)3-2-4-13-10/h2-4,7-8H,5-6H2,1H3,(H,15,16). The molecular weight excluding hydrogens is 275 g/mol. The monoisotopic (exact) mass is 288 g/mol. The van der Waals surface area contributed by atoms with Crippen molar-refractivity contribution in [1.29, 1.82) is 0 Å². The van der Waals surface area contributed by atoms with E-state index in [4.69, 9.17) is 5.11 Å². The quantitative estimate of drug-likeness (QED) is 0.874. The summed E-state index contributed by atoms with van der Waals surface area (Å²) in [6, 6.07) is 2.33. The van der Waals surface area contributed by atoms with E-state index in [0.29, 0.717) is 0 Å². The summed E-state index contributed by atoms with van der Waals surface area (Å²) >= 11 is 0. The van der Waals surface area contributed by atoms with Crippen LogP contribution in [0.4, 0.5) is 4.39 Å². The van der Waals surface area contributed by atoms with Crippen molar-refractivity contribution in [3.63, 3.8) is 0 Å². The van der Waals surface area contributed by atoms with Crippen LogP contribution in [0.1, 0.15) is 6.92 Å². The van der Waals surface area contributed by atoms with Crippen LogP contribution < -0.4 is 0 Å². The number of aliphatic carboxylic acids is 1. The fourth-order valence-electron chi connectivity index (χ4n) is 1.87. The van der Waals surface area contributed by atoms with Gasteiger partial charge in [0.2, 0.25) is 5.03 Å². The zero-order chi connectivity index (χ0) is 14.2. The summed E-state index contributed by atoms with van der Waals surface area (Å²) in [5.74, 6) is -2.75. The Morgan fingerprint density at radius 3 is 2.74 bits per heavy atom. The highest BCUT2D eigenvalue weighted by atomic mass is 32.2. The van der Waals surface area contributed by atoms with Crippen molar-refractivity contribution in [3.8, 4) is 0 Å². The molecule has 1 fully saturated rings. The summed E-state index contributed by atoms with van der Waals surface area (Å²) < 4.78 is 38.6. The SMILES string of the molecule is CC(C(=O)O)C1CN(S(=O)(=O)c2ncccc2F)C1. The summed E-state index contributed by atoms with van der Waals surface area (Å²) in [5.41, 5.74) is 0. The molecule has 1 atom stereocenters. The van der Waals surface area contributed by atoms with Crippen LogP contribution in [-0.2, 0) is 14.8 Å². The predicted molar refractivity (Wildman–Crippen MR) is 63.2 cm³/mol. The van der Waals surface area contributed by atoms with E-state index >= 15 is 0 Å². The third-order valence-electron chi connectivity index (χ3n) is 3.28. The fraction of sp³-hybridized carbons (Fsp3) is 0.455. The lowest BCUT2D eigenvalue weighted by molar-refractivity contribution is -0.144. The number of hydrogen-bond acceptors (Lipinski definition) is 4. The van der Waals surface area contributed by atoms with Gasteiger partial charge in [0.05, 0.1) is 5.92 Å². The molecule has 8 heteroatoms. The molecule has 0 bridgehead atoms. The molecular formula is C11H13FN2O4S. The van der Waals surface area contributed by atoms with Gasteiger partial charge in [-0.25, -0.2) is 17.8 Å². The summed E-state index contributed by atoms with van der Waals surface area (Å²) in [7, 11) is -3.97. The maximum atomic E-state index is 13.4. The number of carboxylic acids is 1. The highest BCUT2D eigenvalue weighted by Gasteiger charge is 2.42. The molecule has 1 N–H and O–H groups in total. The molecule has 104 valence electrons. The molecule has 0 saturated carbocycles. The van der Waals surface area contributed by atoms with Gasteiger partial charge in [0.25, 0.3) is 10.0 Å². The van der Waals surface area contributed by atoms with E-state index in [2.05, 4.69) is 4.98 Å². The van der Waals surface area contributed by atoms with Crippen LogP contribution in [0.5, 0.6) is 0 Å². The molecule has 1 aliphatic heterocycles. The lowest BCUT2D eigenvalue weighted by atomic mass is 9.89. The first-order valence-corrected chi connectivity index (χ1v) is 7.11. The molecule has 0 radical (unpaired) electrons. The summed E-state index contributed by atoms with van der Waals surface area (Å²) in [4.78, 5) is 14.3. The highest BCUT2D eigenvalue weighted by Crippen LogP contribution is 2.29. The predicted octanol–water partition coefficient (Wildman–Crippen LogP) is 0.562. The van der Waals surface area contributed by atoms with Crippen molar-refractivity contribution in [3.05, 3.63) is 24.1 Å². The van der Waals surface area contributed by atoms with E-state index in [9.17, 15) is 17.6 Å². The number of sulfonamides is 1. The molecule has 1 aliphatic rings. The number of pyridine rings is 1. The van der Waals surface area contributed by atoms with Gasteiger partial charge in [-0.05, 0) is 18.1 Å². The Kier molecular flexibility index (Phi) is 3.55. The lowest BCUT2D eigenvalue weighted by Gasteiger charge is -2.39. The van der Waals surface area contributed by atoms with Crippen molar-refractivity contribution in [2.24, 2.45) is 11.8 Å². The third-order valence-corrected chi connectivity index (χ3v) is 5.05. The minimum atomic E-state index is -3.97. The largest absolute Gasteiger partial charge is 0.481 e. The number of nitrogens with zero attached hydrogens (tertiary/aromatic N) is 2. The average Bonchev–Trinajstić information content (AvgIpc) is 2.26. The molecule has 0 aromatic carbocycles. The Morgan fingerprint density at radius 2 is 2.21 bits per heavy atom. The fourth-order valence-corrected chi connectivity index (χ4v) is 3.40. The normalized spacial score (nSPS) is 18.8.